The maximum absolute atomic E-state index is 5.36. The summed E-state index contributed by atoms with van der Waals surface area (Å²) in [4.78, 5) is 2.42. The molecule has 0 spiro atoms. The van der Waals surface area contributed by atoms with Gasteiger partial charge in [-0.2, -0.15) is 0 Å². The first kappa shape index (κ1) is 11.0. The molecule has 2 nitrogen and oxygen atoms in total. The Morgan fingerprint density at radius 2 is 1.80 bits per heavy atom. The van der Waals surface area contributed by atoms with Crippen molar-refractivity contribution < 1.29 is 4.74 Å². The summed E-state index contributed by atoms with van der Waals surface area (Å²) in [6.45, 7) is 2.19. The molecule has 15 heavy (non-hydrogen) atoms. The number of rotatable bonds is 2. The predicted octanol–water partition coefficient (Wildman–Crippen LogP) is 3.06. The molecule has 3 heteroatoms. The summed E-state index contributed by atoms with van der Waals surface area (Å²) >= 11 is 3.45. The number of hydrogen-bond acceptors (Lipinski definition) is 2. The number of anilines is 1. The van der Waals surface area contributed by atoms with Crippen molar-refractivity contribution in [2.75, 3.05) is 25.1 Å². The Kier molecular flexibility index (Phi) is 3.65. The lowest BCUT2D eigenvalue weighted by Gasteiger charge is -2.32. The summed E-state index contributed by atoms with van der Waals surface area (Å²) in [5.41, 5.74) is 1.31. The molecule has 0 aromatic heterocycles. The highest BCUT2D eigenvalue weighted by Crippen LogP contribution is 2.22. The molecular weight excluding hydrogens is 254 g/mol. The van der Waals surface area contributed by atoms with E-state index in [4.69, 9.17) is 4.74 Å². The van der Waals surface area contributed by atoms with Crippen LogP contribution in [0.25, 0.3) is 0 Å². The highest BCUT2D eigenvalue weighted by atomic mass is 79.9. The Labute approximate surface area is 99.4 Å². The van der Waals surface area contributed by atoms with Gasteiger partial charge in [-0.15, -0.1) is 0 Å². The molecule has 1 heterocycles. The fraction of sp³-hybridized carbons (Fsp3) is 0.500. The van der Waals surface area contributed by atoms with E-state index in [0.29, 0.717) is 6.10 Å². The molecule has 1 aromatic carbocycles. The second kappa shape index (κ2) is 4.99. The monoisotopic (exact) mass is 269 g/mol. The number of benzene rings is 1. The normalized spacial score (nSPS) is 18.1. The standard InChI is InChI=1S/C12H16BrNO/c1-15-12-6-8-14(9-7-12)11-4-2-10(13)3-5-11/h2-5,12H,6-9H2,1H3. The van der Waals surface area contributed by atoms with Crippen molar-refractivity contribution in [2.24, 2.45) is 0 Å². The van der Waals surface area contributed by atoms with E-state index in [9.17, 15) is 0 Å². The van der Waals surface area contributed by atoms with Crippen LogP contribution in [0.4, 0.5) is 5.69 Å². The van der Waals surface area contributed by atoms with Gasteiger partial charge in [-0.05, 0) is 37.1 Å². The number of ether oxygens (including phenoxy) is 1. The smallest absolute Gasteiger partial charge is 0.0605 e. The van der Waals surface area contributed by atoms with Crippen LogP contribution < -0.4 is 4.90 Å². The molecule has 1 aliphatic heterocycles. The average molecular weight is 270 g/mol. The van der Waals surface area contributed by atoms with E-state index in [0.717, 1.165) is 30.4 Å². The Balaban J connectivity index is 1.98. The lowest BCUT2D eigenvalue weighted by atomic mass is 10.1. The first-order valence-corrected chi connectivity index (χ1v) is 6.12. The van der Waals surface area contributed by atoms with Gasteiger partial charge in [0, 0.05) is 30.4 Å². The fourth-order valence-corrected chi connectivity index (χ4v) is 2.27. The van der Waals surface area contributed by atoms with Crippen LogP contribution in [0.15, 0.2) is 28.7 Å². The molecule has 0 N–H and O–H groups in total. The summed E-state index contributed by atoms with van der Waals surface area (Å²) in [6.07, 6.45) is 2.72. The molecule has 1 aliphatic rings. The molecule has 0 unspecified atom stereocenters. The molecular formula is C12H16BrNO. The number of halogens is 1. The average Bonchev–Trinajstić information content (AvgIpc) is 2.30. The van der Waals surface area contributed by atoms with Crippen molar-refractivity contribution in [1.82, 2.24) is 0 Å². The van der Waals surface area contributed by atoms with Crippen LogP contribution >= 0.6 is 15.9 Å². The van der Waals surface area contributed by atoms with Crippen LogP contribution in [-0.4, -0.2) is 26.3 Å². The molecule has 1 aromatic rings. The number of nitrogens with zero attached hydrogens (tertiary/aromatic N) is 1. The molecule has 1 fully saturated rings. The molecule has 82 valence electrons. The van der Waals surface area contributed by atoms with Crippen molar-refractivity contribution in [1.29, 1.82) is 0 Å². The molecule has 0 atom stereocenters. The van der Waals surface area contributed by atoms with Crippen molar-refractivity contribution in [3.05, 3.63) is 28.7 Å². The van der Waals surface area contributed by atoms with E-state index in [1.54, 1.807) is 7.11 Å². The summed E-state index contributed by atoms with van der Waals surface area (Å²) < 4.78 is 6.50. The van der Waals surface area contributed by atoms with Crippen molar-refractivity contribution in [3.8, 4) is 0 Å². The quantitative estimate of drug-likeness (QED) is 0.819. The lowest BCUT2D eigenvalue weighted by Crippen LogP contribution is -2.36. The van der Waals surface area contributed by atoms with Crippen molar-refractivity contribution in [3.63, 3.8) is 0 Å². The van der Waals surface area contributed by atoms with Gasteiger partial charge in [-0.25, -0.2) is 0 Å². The minimum Gasteiger partial charge on any atom is -0.381 e. The highest BCUT2D eigenvalue weighted by Gasteiger charge is 2.18. The van der Waals surface area contributed by atoms with E-state index in [1.165, 1.54) is 5.69 Å². The van der Waals surface area contributed by atoms with Gasteiger partial charge >= 0.3 is 0 Å². The molecule has 0 amide bonds. The van der Waals surface area contributed by atoms with Crippen molar-refractivity contribution in [2.45, 2.75) is 18.9 Å². The molecule has 0 radical (unpaired) electrons. The maximum Gasteiger partial charge on any atom is 0.0605 e. The van der Waals surface area contributed by atoms with E-state index >= 15 is 0 Å². The maximum atomic E-state index is 5.36. The van der Waals surface area contributed by atoms with Crippen LogP contribution in [0, 0.1) is 0 Å². The third-order valence-corrected chi connectivity index (χ3v) is 3.50. The number of methoxy groups -OCH3 is 1. The van der Waals surface area contributed by atoms with Gasteiger partial charge in [0.1, 0.15) is 0 Å². The third-order valence-electron chi connectivity index (χ3n) is 2.97. The minimum absolute atomic E-state index is 0.455. The Morgan fingerprint density at radius 3 is 2.33 bits per heavy atom. The highest BCUT2D eigenvalue weighted by molar-refractivity contribution is 9.10. The third kappa shape index (κ3) is 2.73. The Hall–Kier alpha value is -0.540. The zero-order chi connectivity index (χ0) is 10.7. The van der Waals surface area contributed by atoms with Gasteiger partial charge < -0.3 is 9.64 Å². The van der Waals surface area contributed by atoms with Crippen LogP contribution in [0.1, 0.15) is 12.8 Å². The zero-order valence-corrected chi connectivity index (χ0v) is 10.5. The summed E-state index contributed by atoms with van der Waals surface area (Å²) in [5, 5.41) is 0. The molecule has 2 rings (SSSR count). The number of hydrogen-bond donors (Lipinski definition) is 0. The van der Waals surface area contributed by atoms with E-state index in [-0.39, 0.29) is 0 Å². The first-order valence-electron chi connectivity index (χ1n) is 5.33. The van der Waals surface area contributed by atoms with Gasteiger partial charge in [0.2, 0.25) is 0 Å². The topological polar surface area (TPSA) is 12.5 Å². The van der Waals surface area contributed by atoms with E-state index in [1.807, 2.05) is 0 Å². The number of piperidine rings is 1. The Bertz CT molecular complexity index is 304. The van der Waals surface area contributed by atoms with Crippen molar-refractivity contribution >= 4 is 21.6 Å². The second-order valence-corrected chi connectivity index (χ2v) is 4.81. The van der Waals surface area contributed by atoms with Crippen LogP contribution in [0.5, 0.6) is 0 Å². The van der Waals surface area contributed by atoms with Gasteiger partial charge in [-0.1, -0.05) is 15.9 Å². The largest absolute Gasteiger partial charge is 0.381 e. The molecule has 1 saturated heterocycles. The van der Waals surface area contributed by atoms with E-state index in [2.05, 4.69) is 45.1 Å². The molecule has 0 bridgehead atoms. The summed E-state index contributed by atoms with van der Waals surface area (Å²) in [7, 11) is 1.81. The zero-order valence-electron chi connectivity index (χ0n) is 8.95. The van der Waals surface area contributed by atoms with Gasteiger partial charge in [0.15, 0.2) is 0 Å². The SMILES string of the molecule is COC1CCN(c2ccc(Br)cc2)CC1. The fourth-order valence-electron chi connectivity index (χ4n) is 2.00. The Morgan fingerprint density at radius 1 is 1.20 bits per heavy atom. The van der Waals surface area contributed by atoms with Crippen LogP contribution in [0.2, 0.25) is 0 Å². The van der Waals surface area contributed by atoms with Gasteiger partial charge in [-0.3, -0.25) is 0 Å². The lowest BCUT2D eigenvalue weighted by molar-refractivity contribution is 0.0819. The minimum atomic E-state index is 0.455. The molecule has 0 saturated carbocycles. The predicted molar refractivity (Wildman–Crippen MR) is 66.4 cm³/mol. The van der Waals surface area contributed by atoms with Crippen LogP contribution in [-0.2, 0) is 4.74 Å². The summed E-state index contributed by atoms with van der Waals surface area (Å²) in [6, 6.07) is 8.52. The molecule has 0 aliphatic carbocycles. The van der Waals surface area contributed by atoms with Gasteiger partial charge in [0.05, 0.1) is 6.10 Å². The summed E-state index contributed by atoms with van der Waals surface area (Å²) in [5.74, 6) is 0. The van der Waals surface area contributed by atoms with E-state index < -0.39 is 0 Å². The van der Waals surface area contributed by atoms with Gasteiger partial charge in [0.25, 0.3) is 0 Å². The second-order valence-electron chi connectivity index (χ2n) is 3.90. The first-order chi connectivity index (χ1) is 7.29. The van der Waals surface area contributed by atoms with Crippen LogP contribution in [0.3, 0.4) is 0 Å².